The summed E-state index contributed by atoms with van der Waals surface area (Å²) in [6.45, 7) is 14.9. The van der Waals surface area contributed by atoms with Crippen LogP contribution in [0.1, 0.15) is 113 Å². The number of aliphatic hydroxyl groups is 1. The van der Waals surface area contributed by atoms with E-state index in [-0.39, 0.29) is 56.8 Å². The third-order valence-electron chi connectivity index (χ3n) is 15.6. The van der Waals surface area contributed by atoms with Crippen molar-refractivity contribution in [1.82, 2.24) is 29.5 Å². The number of hydrogen-bond donors (Lipinski definition) is 4. The average molecular weight is 981 g/mol. The summed E-state index contributed by atoms with van der Waals surface area (Å²) in [5.41, 5.74) is 3.29. The van der Waals surface area contributed by atoms with E-state index in [1.54, 1.807) is 12.1 Å². The van der Waals surface area contributed by atoms with Crippen molar-refractivity contribution >= 4 is 44.2 Å². The number of amides is 1. The first kappa shape index (κ1) is 49.5. The highest BCUT2D eigenvalue weighted by Gasteiger charge is 2.50. The van der Waals surface area contributed by atoms with Crippen LogP contribution in [0.3, 0.4) is 0 Å². The number of piperidine rings is 1. The van der Waals surface area contributed by atoms with Gasteiger partial charge in [-0.05, 0) is 118 Å². The van der Waals surface area contributed by atoms with E-state index in [1.807, 2.05) is 6.92 Å². The van der Waals surface area contributed by atoms with E-state index in [0.717, 1.165) is 89.7 Å². The first-order chi connectivity index (χ1) is 33.4. The Balaban J connectivity index is 0.929. The minimum absolute atomic E-state index is 0.00501. The van der Waals surface area contributed by atoms with E-state index in [0.29, 0.717) is 42.5 Å². The van der Waals surface area contributed by atoms with Crippen molar-refractivity contribution < 1.29 is 32.2 Å². The van der Waals surface area contributed by atoms with Crippen LogP contribution in [0.2, 0.25) is 0 Å². The molecular weight excluding hydrogens is 914 g/mol. The van der Waals surface area contributed by atoms with Gasteiger partial charge in [0.25, 0.3) is 21.8 Å². The third-order valence-corrected chi connectivity index (χ3v) is 16.9. The van der Waals surface area contributed by atoms with Crippen molar-refractivity contribution in [3.8, 4) is 17.4 Å². The Hall–Kier alpha value is -5.53. The molecule has 4 fully saturated rings. The van der Waals surface area contributed by atoms with Crippen molar-refractivity contribution in [2.24, 2.45) is 11.3 Å². The van der Waals surface area contributed by atoms with Crippen molar-refractivity contribution in [1.29, 1.82) is 0 Å². The molecule has 18 heteroatoms. The number of methoxy groups -OCH3 is 1. The fourth-order valence-electron chi connectivity index (χ4n) is 11.3. The molecule has 376 valence electrons. The standard InChI is InChI=1S/C52H67FN9O7S/c1-7-60-22-23-62(44(32-60)39-11-9-8-10-38(39)33(2)3)36-27-52(28-36)18-20-61(21-19-52)35-12-13-40(45(24-35)69-46-26-41-42(53)31-56-47(41)57-50(46)68-6)49(63)58-70(66,67)37-25-43(59(5)65)48(55-30-37)54-29-34-14-16-51(4,64)17-15-34/h8-13,24-26,30-31,33-34,36,44,64H,7,14-23,27-29,32H2,1-6H3,(H,54,55)(H,56,57)(H,58,63)/q-1. The predicted molar refractivity (Wildman–Crippen MR) is 270 cm³/mol. The molecule has 4 N–H and O–H groups in total. The number of hydroxylamine groups is 1. The average Bonchev–Trinajstić information content (AvgIpc) is 3.70. The summed E-state index contributed by atoms with van der Waals surface area (Å²) in [7, 11) is -1.95. The van der Waals surface area contributed by atoms with Crippen LogP contribution in [0.5, 0.6) is 17.4 Å². The zero-order valence-electron chi connectivity index (χ0n) is 41.1. The van der Waals surface area contributed by atoms with Crippen molar-refractivity contribution in [2.75, 3.05) is 75.3 Å². The maximum absolute atomic E-state index is 14.9. The SMILES string of the molecule is CCN1CCN(C2CC3(CCN(c4ccc(C(=O)NS(=O)(=O)c5cnc(NCC6CCC(C)(O)CC6)c(N(C)[O-])c5)c(Oc5cc6c(F)c[nH]c6nc5OC)c4)CC3)C2)C(c2ccccc2C(C)C)C1. The second-order valence-electron chi connectivity index (χ2n) is 20.6. The van der Waals surface area contributed by atoms with Crippen molar-refractivity contribution in [3.63, 3.8) is 0 Å². The molecule has 1 unspecified atom stereocenters. The van der Waals surface area contributed by atoms with Crippen LogP contribution in [0.25, 0.3) is 11.0 Å². The van der Waals surface area contributed by atoms with E-state index in [9.17, 15) is 27.9 Å². The first-order valence-corrected chi connectivity index (χ1v) is 26.2. The van der Waals surface area contributed by atoms with Gasteiger partial charge in [0.05, 0.1) is 29.3 Å². The summed E-state index contributed by atoms with van der Waals surface area (Å²) >= 11 is 0. The van der Waals surface area contributed by atoms with Gasteiger partial charge in [-0.25, -0.2) is 22.5 Å². The number of carbonyl (C=O) groups excluding carboxylic acids is 1. The number of nitrogens with one attached hydrogen (secondary N) is 3. The number of sulfonamides is 1. The van der Waals surface area contributed by atoms with Gasteiger partial charge in [-0.3, -0.25) is 9.69 Å². The van der Waals surface area contributed by atoms with Gasteiger partial charge in [0, 0.05) is 81.6 Å². The molecule has 0 bridgehead atoms. The molecule has 3 aromatic heterocycles. The van der Waals surface area contributed by atoms with Crippen LogP contribution in [-0.2, 0) is 10.0 Å². The van der Waals surface area contributed by atoms with Crippen LogP contribution in [-0.4, -0.2) is 116 Å². The van der Waals surface area contributed by atoms with Gasteiger partial charge in [-0.15, -0.1) is 0 Å². The predicted octanol–water partition coefficient (Wildman–Crippen LogP) is 8.55. The third kappa shape index (κ3) is 10.3. The Morgan fingerprint density at radius 1 is 1.04 bits per heavy atom. The summed E-state index contributed by atoms with van der Waals surface area (Å²) < 4.78 is 56.8. The van der Waals surface area contributed by atoms with E-state index < -0.39 is 32.2 Å². The van der Waals surface area contributed by atoms with Crippen LogP contribution in [0.15, 0.2) is 71.9 Å². The Labute approximate surface area is 410 Å². The molecule has 16 nitrogen and oxygen atoms in total. The number of pyridine rings is 2. The van der Waals surface area contributed by atoms with Crippen molar-refractivity contribution in [2.45, 2.75) is 108 Å². The minimum Gasteiger partial charge on any atom is -0.758 e. The second kappa shape index (κ2) is 19.9. The Kier molecular flexibility index (Phi) is 14.1. The topological polar surface area (TPSA) is 192 Å². The number of nitrogens with zero attached hydrogens (tertiary/aromatic N) is 6. The van der Waals surface area contributed by atoms with Crippen LogP contribution in [0.4, 0.5) is 21.6 Å². The number of likely N-dealkylation sites (N-methyl/N-ethyl adjacent to an activating group) is 1. The number of benzene rings is 2. The number of fused-ring (bicyclic) bond motifs is 1. The summed E-state index contributed by atoms with van der Waals surface area (Å²) in [5, 5.41) is 26.9. The molecule has 2 saturated carbocycles. The Morgan fingerprint density at radius 2 is 1.79 bits per heavy atom. The number of halogens is 1. The molecule has 2 saturated heterocycles. The van der Waals surface area contributed by atoms with Gasteiger partial charge < -0.3 is 45.0 Å². The first-order valence-electron chi connectivity index (χ1n) is 24.7. The molecule has 4 aliphatic rings. The van der Waals surface area contributed by atoms with Gasteiger partial charge in [-0.1, -0.05) is 45.0 Å². The molecule has 9 rings (SSSR count). The van der Waals surface area contributed by atoms with Crippen LogP contribution in [0, 0.1) is 22.4 Å². The zero-order chi connectivity index (χ0) is 49.5. The van der Waals surface area contributed by atoms with Gasteiger partial charge in [0.2, 0.25) is 0 Å². The summed E-state index contributed by atoms with van der Waals surface area (Å²) in [4.78, 5) is 32.9. The van der Waals surface area contributed by atoms with E-state index in [4.69, 9.17) is 9.47 Å². The summed E-state index contributed by atoms with van der Waals surface area (Å²) in [5.74, 6) is -0.628. The largest absolute Gasteiger partial charge is 0.758 e. The monoisotopic (exact) mass is 980 g/mol. The van der Waals surface area contributed by atoms with Gasteiger partial charge >= 0.3 is 0 Å². The Bertz CT molecular complexity index is 2800. The number of carbonyl (C=O) groups is 1. The number of piperazine rings is 1. The summed E-state index contributed by atoms with van der Waals surface area (Å²) in [6.07, 6.45) is 9.45. The molecule has 2 aromatic carbocycles. The lowest BCUT2D eigenvalue weighted by molar-refractivity contribution is -0.0610. The number of hydrogen-bond acceptors (Lipinski definition) is 14. The van der Waals surface area contributed by atoms with Crippen molar-refractivity contribution in [3.05, 3.63) is 94.7 Å². The van der Waals surface area contributed by atoms with Crippen LogP contribution < -0.4 is 29.5 Å². The number of anilines is 3. The smallest absolute Gasteiger partial charge is 0.268 e. The highest BCUT2D eigenvalue weighted by atomic mass is 32.2. The zero-order valence-corrected chi connectivity index (χ0v) is 41.9. The molecular formula is C52H67FN9O7S-. The Morgan fingerprint density at radius 3 is 2.49 bits per heavy atom. The molecule has 2 aliphatic carbocycles. The molecule has 0 radical (unpaired) electrons. The second-order valence-corrected chi connectivity index (χ2v) is 22.3. The number of H-pyrrole nitrogens is 1. The lowest BCUT2D eigenvalue weighted by Gasteiger charge is -2.58. The van der Waals surface area contributed by atoms with E-state index in [2.05, 4.69) is 84.7 Å². The van der Waals surface area contributed by atoms with Gasteiger partial charge in [-0.2, -0.15) is 4.98 Å². The highest BCUT2D eigenvalue weighted by Crippen LogP contribution is 2.53. The number of aromatic nitrogens is 3. The van der Waals surface area contributed by atoms with Crippen LogP contribution >= 0.6 is 0 Å². The number of aromatic amines is 1. The fourth-order valence-corrected chi connectivity index (χ4v) is 12.2. The maximum atomic E-state index is 14.9. The quantitative estimate of drug-likeness (QED) is 0.0730. The molecule has 70 heavy (non-hydrogen) atoms. The molecule has 1 atom stereocenters. The lowest BCUT2D eigenvalue weighted by atomic mass is 9.59. The van der Waals surface area contributed by atoms with Gasteiger partial charge in [0.15, 0.2) is 5.75 Å². The van der Waals surface area contributed by atoms with E-state index >= 15 is 0 Å². The maximum Gasteiger partial charge on any atom is 0.268 e. The molecule has 1 spiro atoms. The summed E-state index contributed by atoms with van der Waals surface area (Å²) in [6, 6.07) is 17.4. The molecule has 5 heterocycles. The molecule has 1 amide bonds. The molecule has 2 aliphatic heterocycles. The number of ether oxygens (including phenoxy) is 2. The minimum atomic E-state index is -4.59. The fraction of sp³-hybridized carbons (Fsp3) is 0.519. The lowest BCUT2D eigenvalue weighted by Crippen LogP contribution is -2.60. The number of rotatable bonds is 15. The molecule has 5 aromatic rings. The van der Waals surface area contributed by atoms with Gasteiger partial charge in [0.1, 0.15) is 27.9 Å². The normalized spacial score (nSPS) is 22.3. The highest BCUT2D eigenvalue weighted by molar-refractivity contribution is 7.90. The van der Waals surface area contributed by atoms with E-state index in [1.165, 1.54) is 49.7 Å².